The van der Waals surface area contributed by atoms with Crippen molar-refractivity contribution in [1.29, 1.82) is 0 Å². The fourth-order valence-electron chi connectivity index (χ4n) is 1.24. The number of hydrogen-bond donors (Lipinski definition) is 1. The van der Waals surface area contributed by atoms with Gasteiger partial charge in [0.2, 0.25) is 0 Å². The first-order valence-corrected chi connectivity index (χ1v) is 7.04. The molecule has 0 aromatic heterocycles. The van der Waals surface area contributed by atoms with E-state index in [0.717, 1.165) is 0 Å². The van der Waals surface area contributed by atoms with Crippen LogP contribution in [0.5, 0.6) is 0 Å². The molecule has 0 aromatic carbocycles. The van der Waals surface area contributed by atoms with Gasteiger partial charge in [0.05, 0.1) is 14.4 Å². The predicted octanol–water partition coefficient (Wildman–Crippen LogP) is 3.34. The van der Waals surface area contributed by atoms with E-state index in [9.17, 15) is 71.4 Å². The smallest absolute Gasteiger partial charge is 0.460 e. The highest BCUT2D eigenvalue weighted by Gasteiger charge is 2.90. The Balaban J connectivity index is 0. The number of phosphoric acid groups is 1. The highest BCUT2D eigenvalue weighted by molar-refractivity contribution is 7.43. The Kier molecular flexibility index (Phi) is 7.91. The van der Waals surface area contributed by atoms with Gasteiger partial charge in [0.25, 0.3) is 0 Å². The second-order valence-electron chi connectivity index (χ2n) is 4.53. The van der Waals surface area contributed by atoms with Crippen molar-refractivity contribution in [3.63, 3.8) is 0 Å². The maximum absolute atomic E-state index is 13.1. The lowest BCUT2D eigenvalue weighted by Gasteiger charge is -2.40. The first-order chi connectivity index (χ1) is 11.0. The predicted molar refractivity (Wildman–Crippen MR) is 55.0 cm³/mol. The second-order valence-corrected chi connectivity index (χ2v) is 5.68. The van der Waals surface area contributed by atoms with Gasteiger partial charge in [-0.15, -0.1) is 0 Å². The SMILES string of the molecule is O=P([O-])([O-])OCCC(F)(F)C(F)(F)C(F)(F)C(F)(F)C(F)(F)C(F)(F)F.[NH4+]. The molecule has 5 nitrogen and oxygen atoms in total. The minimum atomic E-state index is -8.04. The molecule has 166 valence electrons. The molecule has 0 unspecified atom stereocenters. The lowest BCUT2D eigenvalue weighted by molar-refractivity contribution is -0.440. The standard InChI is InChI=1S/C8H6F13O4P.H3N/c9-3(10,1-2-25-26(22,23)24)4(11,12)5(13,14)6(15,16)7(17,18)8(19,20)21;/h1-2H2,(H2,22,23,24);1H3/p-1. The first kappa shape index (κ1) is 28.4. The molecule has 0 spiro atoms. The van der Waals surface area contributed by atoms with Crippen molar-refractivity contribution < 1.29 is 76.0 Å². The van der Waals surface area contributed by atoms with Crippen molar-refractivity contribution in [2.24, 2.45) is 0 Å². The zero-order valence-corrected chi connectivity index (χ0v) is 13.3. The third-order valence-electron chi connectivity index (χ3n) is 2.66. The lowest BCUT2D eigenvalue weighted by atomic mass is 9.93. The summed E-state index contributed by atoms with van der Waals surface area (Å²) in [7, 11) is -6.11. The lowest BCUT2D eigenvalue weighted by Crippen LogP contribution is -2.70. The van der Waals surface area contributed by atoms with E-state index in [4.69, 9.17) is 0 Å². The van der Waals surface area contributed by atoms with Crippen LogP contribution >= 0.6 is 7.82 Å². The van der Waals surface area contributed by atoms with Gasteiger partial charge < -0.3 is 25.0 Å². The Morgan fingerprint density at radius 2 is 1.00 bits per heavy atom. The average Bonchev–Trinajstić information content (AvgIpc) is 2.34. The van der Waals surface area contributed by atoms with Crippen molar-refractivity contribution in [3.05, 3.63) is 0 Å². The molecular weight excluding hydrogens is 452 g/mol. The van der Waals surface area contributed by atoms with Gasteiger partial charge in [0.1, 0.15) is 0 Å². The molecule has 0 saturated heterocycles. The van der Waals surface area contributed by atoms with E-state index in [0.29, 0.717) is 0 Å². The molecule has 0 bridgehead atoms. The van der Waals surface area contributed by atoms with Crippen molar-refractivity contribution in [1.82, 2.24) is 6.15 Å². The van der Waals surface area contributed by atoms with Crippen LogP contribution in [0.15, 0.2) is 0 Å². The van der Waals surface area contributed by atoms with Crippen LogP contribution in [0.3, 0.4) is 0 Å². The molecule has 4 N–H and O–H groups in total. The normalized spacial score (nSPS) is 15.5. The first-order valence-electron chi connectivity index (χ1n) is 5.58. The zero-order chi connectivity index (χ0) is 21.6. The summed E-state index contributed by atoms with van der Waals surface area (Å²) in [4.78, 5) is 19.8. The van der Waals surface area contributed by atoms with E-state index in [1.165, 1.54) is 0 Å². The molecule has 0 aliphatic heterocycles. The Morgan fingerprint density at radius 1 is 0.667 bits per heavy atom. The number of alkyl halides is 13. The average molecular weight is 460 g/mol. The molecule has 0 aliphatic rings. The third-order valence-corrected chi connectivity index (χ3v) is 3.16. The maximum Gasteiger partial charge on any atom is 0.460 e. The molecule has 0 radical (unpaired) electrons. The highest BCUT2D eigenvalue weighted by atomic mass is 31.2. The zero-order valence-electron chi connectivity index (χ0n) is 12.4. The summed E-state index contributed by atoms with van der Waals surface area (Å²) in [5.74, 6) is -37.9. The summed E-state index contributed by atoms with van der Waals surface area (Å²) in [5.41, 5.74) is 0. The Morgan fingerprint density at radius 3 is 1.30 bits per heavy atom. The van der Waals surface area contributed by atoms with Crippen LogP contribution in [0.2, 0.25) is 0 Å². The van der Waals surface area contributed by atoms with Crippen LogP contribution < -0.4 is 15.9 Å². The molecule has 0 rings (SSSR count). The number of hydrogen-bond acceptors (Lipinski definition) is 4. The fraction of sp³-hybridized carbons (Fsp3) is 1.00. The van der Waals surface area contributed by atoms with Crippen LogP contribution in [0.1, 0.15) is 6.42 Å². The van der Waals surface area contributed by atoms with Crippen LogP contribution in [0.4, 0.5) is 57.1 Å². The summed E-state index contributed by atoms with van der Waals surface area (Å²) < 4.78 is 177. The van der Waals surface area contributed by atoms with E-state index in [1.54, 1.807) is 0 Å². The third kappa shape index (κ3) is 4.96. The monoisotopic (exact) mass is 460 g/mol. The highest BCUT2D eigenvalue weighted by Crippen LogP contribution is 2.60. The molecule has 0 fully saturated rings. The Hall–Kier alpha value is -0.840. The number of rotatable bonds is 8. The van der Waals surface area contributed by atoms with Gasteiger partial charge in [-0.3, -0.25) is 0 Å². The summed E-state index contributed by atoms with van der Waals surface area (Å²) >= 11 is 0. The van der Waals surface area contributed by atoms with Crippen molar-refractivity contribution in [2.45, 2.75) is 42.2 Å². The number of quaternary nitrogens is 1. The van der Waals surface area contributed by atoms with Crippen LogP contribution in [-0.2, 0) is 9.09 Å². The largest absolute Gasteiger partial charge is 0.790 e. The molecule has 0 aromatic rings. The summed E-state index contributed by atoms with van der Waals surface area (Å²) in [6.07, 6.45) is -10.4. The Bertz CT molecular complexity index is 557. The number of phosphoric ester groups is 1. The molecular formula is C8H8F13NO4P-. The van der Waals surface area contributed by atoms with E-state index in [-0.39, 0.29) is 6.15 Å². The molecule has 0 atom stereocenters. The Labute approximate surface area is 140 Å². The molecule has 0 heterocycles. The van der Waals surface area contributed by atoms with Crippen molar-refractivity contribution in [2.75, 3.05) is 6.61 Å². The minimum absolute atomic E-state index is 0. The number of halogens is 13. The van der Waals surface area contributed by atoms with E-state index in [2.05, 4.69) is 4.52 Å². The topological polar surface area (TPSA) is 109 Å². The van der Waals surface area contributed by atoms with Gasteiger partial charge in [0.15, 0.2) is 0 Å². The summed E-state index contributed by atoms with van der Waals surface area (Å²) in [6.45, 7) is -2.29. The summed E-state index contributed by atoms with van der Waals surface area (Å²) in [5, 5.41) is 0. The van der Waals surface area contributed by atoms with Gasteiger partial charge >= 0.3 is 35.8 Å². The molecule has 0 aliphatic carbocycles. The minimum Gasteiger partial charge on any atom is -0.790 e. The van der Waals surface area contributed by atoms with E-state index >= 15 is 0 Å². The van der Waals surface area contributed by atoms with Crippen LogP contribution in [0, 0.1) is 0 Å². The van der Waals surface area contributed by atoms with E-state index < -0.39 is 56.6 Å². The van der Waals surface area contributed by atoms with Gasteiger partial charge in [-0.1, -0.05) is 0 Å². The maximum atomic E-state index is 13.1. The quantitative estimate of drug-likeness (QED) is 0.443. The van der Waals surface area contributed by atoms with Gasteiger partial charge in [-0.2, -0.15) is 57.1 Å². The molecule has 19 heteroatoms. The molecule has 27 heavy (non-hydrogen) atoms. The summed E-state index contributed by atoms with van der Waals surface area (Å²) in [6, 6.07) is 0. The van der Waals surface area contributed by atoms with Gasteiger partial charge in [-0.25, -0.2) is 0 Å². The fourth-order valence-corrected chi connectivity index (χ4v) is 1.56. The van der Waals surface area contributed by atoms with Gasteiger partial charge in [0, 0.05) is 6.42 Å². The molecule has 0 saturated carbocycles. The van der Waals surface area contributed by atoms with Crippen molar-refractivity contribution in [3.8, 4) is 0 Å². The van der Waals surface area contributed by atoms with Gasteiger partial charge in [-0.05, 0) is 0 Å². The van der Waals surface area contributed by atoms with Crippen LogP contribution in [-0.4, -0.2) is 42.4 Å². The second kappa shape index (κ2) is 7.53. The van der Waals surface area contributed by atoms with Crippen molar-refractivity contribution >= 4 is 7.82 Å². The van der Waals surface area contributed by atoms with E-state index in [1.807, 2.05) is 0 Å². The van der Waals surface area contributed by atoms with Crippen LogP contribution in [0.25, 0.3) is 0 Å². The molecule has 0 amide bonds.